The topological polar surface area (TPSA) is 69.0 Å². The minimum Gasteiger partial charge on any atom is -0.395 e. The van der Waals surface area contributed by atoms with Gasteiger partial charge in [-0.2, -0.15) is 0 Å². The number of aromatic nitrogens is 2. The Kier molecular flexibility index (Phi) is 7.93. The predicted molar refractivity (Wildman–Crippen MR) is 132 cm³/mol. The second kappa shape index (κ2) is 10.5. The summed E-state index contributed by atoms with van der Waals surface area (Å²) in [7, 11) is 0. The van der Waals surface area contributed by atoms with E-state index in [0.29, 0.717) is 13.2 Å². The van der Waals surface area contributed by atoms with Gasteiger partial charge in [-0.05, 0) is 82.5 Å². The number of aryl methyl sites for hydroxylation is 3. The molecule has 3 rings (SSSR count). The van der Waals surface area contributed by atoms with Crippen LogP contribution in [-0.2, 0) is 16.1 Å². The molecular weight excluding hydrogens is 420 g/mol. The summed E-state index contributed by atoms with van der Waals surface area (Å²) in [5.74, 6) is 0. The molecule has 172 valence electrons. The highest BCUT2D eigenvalue weighted by molar-refractivity contribution is 7.98. The van der Waals surface area contributed by atoms with Crippen molar-refractivity contribution in [3.63, 3.8) is 0 Å². The zero-order chi connectivity index (χ0) is 23.3. The quantitative estimate of drug-likeness (QED) is 0.293. The number of rotatable bonds is 8. The van der Waals surface area contributed by atoms with Crippen molar-refractivity contribution in [3.8, 4) is 0 Å². The van der Waals surface area contributed by atoms with Crippen LogP contribution < -0.4 is 0 Å². The van der Waals surface area contributed by atoms with E-state index in [2.05, 4.69) is 48.4 Å². The van der Waals surface area contributed by atoms with Gasteiger partial charge < -0.3 is 9.68 Å². The second-order valence-electron chi connectivity index (χ2n) is 9.24. The largest absolute Gasteiger partial charge is 0.395 e. The lowest BCUT2D eigenvalue weighted by atomic mass is 9.94. The first-order valence-electron chi connectivity index (χ1n) is 11.0. The molecular formula is C25H34N4O2S. The summed E-state index contributed by atoms with van der Waals surface area (Å²) >= 11 is 1.77. The SMILES string of the molecule is CSc1cc(C)nc2c1CCCC2=NOCC(C)(C)CON=C(C)c1cc(C)cc(C)n1. The third-order valence-electron chi connectivity index (χ3n) is 5.30. The van der Waals surface area contributed by atoms with E-state index in [9.17, 15) is 0 Å². The molecule has 0 N–H and O–H groups in total. The lowest BCUT2D eigenvalue weighted by molar-refractivity contribution is -0.000161. The Labute approximate surface area is 195 Å². The van der Waals surface area contributed by atoms with Crippen molar-refractivity contribution in [2.24, 2.45) is 15.7 Å². The molecule has 0 saturated heterocycles. The highest BCUT2D eigenvalue weighted by atomic mass is 32.2. The summed E-state index contributed by atoms with van der Waals surface area (Å²) in [4.78, 5) is 22.0. The first-order valence-corrected chi connectivity index (χ1v) is 12.3. The summed E-state index contributed by atoms with van der Waals surface area (Å²) in [6.07, 6.45) is 5.12. The van der Waals surface area contributed by atoms with Crippen LogP contribution in [-0.4, -0.2) is 40.9 Å². The molecule has 1 aliphatic rings. The molecule has 0 aliphatic heterocycles. The minimum atomic E-state index is -0.244. The highest BCUT2D eigenvalue weighted by Gasteiger charge is 2.23. The molecule has 0 atom stereocenters. The number of hydrogen-bond acceptors (Lipinski definition) is 7. The maximum Gasteiger partial charge on any atom is 0.125 e. The first kappa shape index (κ1) is 24.2. The molecule has 2 heterocycles. The maximum atomic E-state index is 5.78. The Bertz CT molecular complexity index is 1010. The van der Waals surface area contributed by atoms with Crippen LogP contribution in [0.5, 0.6) is 0 Å². The molecule has 32 heavy (non-hydrogen) atoms. The van der Waals surface area contributed by atoms with Crippen molar-refractivity contribution in [1.82, 2.24) is 9.97 Å². The fraction of sp³-hybridized carbons (Fsp3) is 0.520. The van der Waals surface area contributed by atoms with E-state index in [1.54, 1.807) is 11.8 Å². The normalized spacial score (nSPS) is 15.6. The van der Waals surface area contributed by atoms with Crippen LogP contribution in [0.2, 0.25) is 0 Å². The smallest absolute Gasteiger partial charge is 0.125 e. The van der Waals surface area contributed by atoms with Crippen molar-refractivity contribution in [3.05, 3.63) is 52.1 Å². The number of thioether (sulfide) groups is 1. The van der Waals surface area contributed by atoms with E-state index in [-0.39, 0.29) is 5.41 Å². The number of nitrogens with zero attached hydrogens (tertiary/aromatic N) is 4. The molecule has 0 spiro atoms. The van der Waals surface area contributed by atoms with Crippen LogP contribution in [0.1, 0.15) is 67.5 Å². The van der Waals surface area contributed by atoms with Crippen molar-refractivity contribution >= 4 is 23.2 Å². The van der Waals surface area contributed by atoms with Gasteiger partial charge >= 0.3 is 0 Å². The lowest BCUT2D eigenvalue weighted by Crippen LogP contribution is -2.25. The summed E-state index contributed by atoms with van der Waals surface area (Å²) in [5.41, 5.74) is 7.74. The summed E-state index contributed by atoms with van der Waals surface area (Å²) in [6.45, 7) is 13.0. The van der Waals surface area contributed by atoms with Crippen molar-refractivity contribution < 1.29 is 9.68 Å². The predicted octanol–water partition coefficient (Wildman–Crippen LogP) is 5.65. The fourth-order valence-electron chi connectivity index (χ4n) is 3.68. The third kappa shape index (κ3) is 6.31. The molecule has 0 bridgehead atoms. The second-order valence-corrected chi connectivity index (χ2v) is 10.1. The average Bonchev–Trinajstić information content (AvgIpc) is 2.72. The molecule has 2 aromatic heterocycles. The Morgan fingerprint density at radius 3 is 2.47 bits per heavy atom. The number of fused-ring (bicyclic) bond motifs is 1. The highest BCUT2D eigenvalue weighted by Crippen LogP contribution is 2.30. The lowest BCUT2D eigenvalue weighted by Gasteiger charge is -2.23. The molecule has 0 saturated carbocycles. The van der Waals surface area contributed by atoms with Crippen LogP contribution in [0, 0.1) is 26.2 Å². The molecule has 0 radical (unpaired) electrons. The zero-order valence-corrected chi connectivity index (χ0v) is 21.1. The van der Waals surface area contributed by atoms with Crippen molar-refractivity contribution in [1.29, 1.82) is 0 Å². The van der Waals surface area contributed by atoms with E-state index < -0.39 is 0 Å². The summed E-state index contributed by atoms with van der Waals surface area (Å²) in [6, 6.07) is 6.21. The zero-order valence-electron chi connectivity index (χ0n) is 20.3. The van der Waals surface area contributed by atoms with E-state index in [4.69, 9.17) is 14.7 Å². The first-order chi connectivity index (χ1) is 15.2. The van der Waals surface area contributed by atoms with E-state index >= 15 is 0 Å². The number of pyridine rings is 2. The van der Waals surface area contributed by atoms with Gasteiger partial charge in [0.25, 0.3) is 0 Å². The van der Waals surface area contributed by atoms with Crippen LogP contribution in [0.4, 0.5) is 0 Å². The van der Waals surface area contributed by atoms with Gasteiger partial charge in [-0.3, -0.25) is 9.97 Å². The molecule has 2 aromatic rings. The standard InChI is InChI=1S/C25H34N4O2S/c1-16-11-17(2)26-22(12-16)19(4)28-30-14-25(5,6)15-31-29-21-10-8-9-20-23(32-7)13-18(3)27-24(20)21/h11-13H,8-10,14-15H2,1-7H3. The van der Waals surface area contributed by atoms with Gasteiger partial charge in [0.15, 0.2) is 0 Å². The third-order valence-corrected chi connectivity index (χ3v) is 6.10. The monoisotopic (exact) mass is 454 g/mol. The molecule has 1 aliphatic carbocycles. The number of oxime groups is 2. The van der Waals surface area contributed by atoms with Gasteiger partial charge in [-0.15, -0.1) is 11.8 Å². The van der Waals surface area contributed by atoms with Gasteiger partial charge in [0.1, 0.15) is 24.6 Å². The van der Waals surface area contributed by atoms with Crippen LogP contribution in [0.3, 0.4) is 0 Å². The molecule has 0 aromatic carbocycles. The van der Waals surface area contributed by atoms with Gasteiger partial charge in [-0.25, -0.2) is 0 Å². The average molecular weight is 455 g/mol. The molecule has 0 unspecified atom stereocenters. The van der Waals surface area contributed by atoms with Gasteiger partial charge in [-0.1, -0.05) is 24.2 Å². The minimum absolute atomic E-state index is 0.244. The molecule has 7 heteroatoms. The van der Waals surface area contributed by atoms with Gasteiger partial charge in [0.2, 0.25) is 0 Å². The van der Waals surface area contributed by atoms with Crippen LogP contribution in [0.25, 0.3) is 0 Å². The Balaban J connectivity index is 1.60. The van der Waals surface area contributed by atoms with E-state index in [1.165, 1.54) is 10.5 Å². The Morgan fingerprint density at radius 1 is 1.03 bits per heavy atom. The maximum absolute atomic E-state index is 5.78. The Morgan fingerprint density at radius 2 is 1.75 bits per heavy atom. The Hall–Kier alpha value is -2.41. The fourth-order valence-corrected chi connectivity index (χ4v) is 4.41. The van der Waals surface area contributed by atoms with Crippen LogP contribution in [0.15, 0.2) is 33.4 Å². The molecule has 0 amide bonds. The van der Waals surface area contributed by atoms with E-state index in [1.807, 2.05) is 32.9 Å². The number of hydrogen-bond donors (Lipinski definition) is 0. The summed E-state index contributed by atoms with van der Waals surface area (Å²) in [5, 5.41) is 8.75. The van der Waals surface area contributed by atoms with Gasteiger partial charge in [0.05, 0.1) is 11.4 Å². The molecule has 0 fully saturated rings. The van der Waals surface area contributed by atoms with Crippen molar-refractivity contribution in [2.45, 2.75) is 65.7 Å². The molecule has 6 nitrogen and oxygen atoms in total. The van der Waals surface area contributed by atoms with Gasteiger partial charge in [0, 0.05) is 21.7 Å². The summed E-state index contributed by atoms with van der Waals surface area (Å²) < 4.78 is 0. The van der Waals surface area contributed by atoms with Crippen molar-refractivity contribution in [2.75, 3.05) is 19.5 Å². The van der Waals surface area contributed by atoms with E-state index in [0.717, 1.165) is 59.0 Å². The van der Waals surface area contributed by atoms with Crippen LogP contribution >= 0.6 is 11.8 Å².